The van der Waals surface area contributed by atoms with E-state index >= 15 is 0 Å². The summed E-state index contributed by atoms with van der Waals surface area (Å²) in [6, 6.07) is 8.48. The highest BCUT2D eigenvalue weighted by atomic mass is 15.3. The minimum atomic E-state index is 0.475. The molecule has 1 N–H and O–H groups in total. The van der Waals surface area contributed by atoms with Gasteiger partial charge in [-0.1, -0.05) is 6.07 Å². The monoisotopic (exact) mass is 336 g/mol. The van der Waals surface area contributed by atoms with E-state index in [9.17, 15) is 0 Å². The summed E-state index contributed by atoms with van der Waals surface area (Å²) in [4.78, 5) is 11.8. The Kier molecular flexibility index (Phi) is 4.36. The van der Waals surface area contributed by atoms with E-state index in [1.165, 1.54) is 24.1 Å². The van der Waals surface area contributed by atoms with Crippen LogP contribution < -0.4 is 5.32 Å². The van der Waals surface area contributed by atoms with Gasteiger partial charge in [0.1, 0.15) is 5.82 Å². The van der Waals surface area contributed by atoms with Gasteiger partial charge in [0.25, 0.3) is 0 Å². The number of nitrogens with one attached hydrogen (secondary N) is 1. The highest BCUT2D eigenvalue weighted by Crippen LogP contribution is 2.28. The second-order valence-electron chi connectivity index (χ2n) is 6.75. The van der Waals surface area contributed by atoms with E-state index in [4.69, 9.17) is 4.98 Å². The molecule has 1 aliphatic heterocycles. The van der Waals surface area contributed by atoms with Gasteiger partial charge in [-0.3, -0.25) is 9.58 Å². The summed E-state index contributed by atoms with van der Waals surface area (Å²) in [6.07, 6.45) is 6.10. The molecular formula is C19H24N6. The van der Waals surface area contributed by atoms with Crippen molar-refractivity contribution in [3.8, 4) is 0 Å². The first-order valence-corrected chi connectivity index (χ1v) is 8.87. The number of hydrogen-bond acceptors (Lipinski definition) is 5. The van der Waals surface area contributed by atoms with Crippen LogP contribution >= 0.6 is 0 Å². The van der Waals surface area contributed by atoms with Crippen molar-refractivity contribution in [2.75, 3.05) is 25.5 Å². The fourth-order valence-electron chi connectivity index (χ4n) is 3.74. The maximum Gasteiger partial charge on any atom is 0.157 e. The number of rotatable bonds is 4. The van der Waals surface area contributed by atoms with E-state index in [1.54, 1.807) is 0 Å². The van der Waals surface area contributed by atoms with Crippen LogP contribution in [0.3, 0.4) is 0 Å². The molecule has 1 fully saturated rings. The quantitative estimate of drug-likeness (QED) is 0.794. The highest BCUT2D eigenvalue weighted by molar-refractivity contribution is 5.74. The molecule has 0 aromatic carbocycles. The van der Waals surface area contributed by atoms with E-state index in [2.05, 4.69) is 38.5 Å². The Balaban J connectivity index is 1.52. The molecule has 1 saturated heterocycles. The van der Waals surface area contributed by atoms with Crippen molar-refractivity contribution < 1.29 is 0 Å². The summed E-state index contributed by atoms with van der Waals surface area (Å²) >= 11 is 0. The topological polar surface area (TPSA) is 58.9 Å². The molecule has 1 atom stereocenters. The van der Waals surface area contributed by atoms with Gasteiger partial charge in [-0.05, 0) is 37.6 Å². The van der Waals surface area contributed by atoms with Crippen molar-refractivity contribution in [3.63, 3.8) is 0 Å². The number of piperidine rings is 1. The van der Waals surface area contributed by atoms with Crippen LogP contribution in [0.5, 0.6) is 0 Å². The maximum atomic E-state index is 4.88. The fourth-order valence-corrected chi connectivity index (χ4v) is 3.74. The number of anilines is 1. The van der Waals surface area contributed by atoms with Gasteiger partial charge in [-0.2, -0.15) is 5.10 Å². The van der Waals surface area contributed by atoms with Gasteiger partial charge in [-0.25, -0.2) is 9.97 Å². The molecule has 0 bridgehead atoms. The van der Waals surface area contributed by atoms with Crippen molar-refractivity contribution in [3.05, 3.63) is 47.9 Å². The third-order valence-corrected chi connectivity index (χ3v) is 5.05. The number of aromatic nitrogens is 4. The summed E-state index contributed by atoms with van der Waals surface area (Å²) in [5, 5.41) is 8.60. The standard InChI is InChI=1S/C19H24N6/c1-20-18-16(5-3-9-21-18)13-25-10-4-6-15(12-25)17-8-7-14-11-22-24(2)19(14)23-17/h3,5,7-9,11,15H,4,6,10,12-13H2,1-2H3,(H,20,21). The molecule has 25 heavy (non-hydrogen) atoms. The number of nitrogens with zero attached hydrogens (tertiary/aromatic N) is 5. The van der Waals surface area contributed by atoms with Gasteiger partial charge in [-0.15, -0.1) is 0 Å². The zero-order valence-electron chi connectivity index (χ0n) is 14.8. The molecule has 0 radical (unpaired) electrons. The van der Waals surface area contributed by atoms with Gasteiger partial charge in [0.05, 0.1) is 6.20 Å². The third-order valence-electron chi connectivity index (χ3n) is 5.05. The Morgan fingerprint density at radius 2 is 2.20 bits per heavy atom. The van der Waals surface area contributed by atoms with Crippen LogP contribution in [0.1, 0.15) is 30.0 Å². The normalized spacial score (nSPS) is 18.6. The lowest BCUT2D eigenvalue weighted by molar-refractivity contribution is 0.199. The number of pyridine rings is 2. The lowest BCUT2D eigenvalue weighted by Crippen LogP contribution is -2.34. The molecule has 4 rings (SSSR count). The van der Waals surface area contributed by atoms with E-state index < -0.39 is 0 Å². The Hall–Kier alpha value is -2.47. The molecule has 3 aromatic rings. The van der Waals surface area contributed by atoms with Gasteiger partial charge in [0, 0.05) is 55.9 Å². The molecule has 3 aromatic heterocycles. The summed E-state index contributed by atoms with van der Waals surface area (Å²) in [5.41, 5.74) is 3.40. The maximum absolute atomic E-state index is 4.88. The summed E-state index contributed by atoms with van der Waals surface area (Å²) in [7, 11) is 3.88. The van der Waals surface area contributed by atoms with Gasteiger partial charge in [0.15, 0.2) is 5.65 Å². The lowest BCUT2D eigenvalue weighted by Gasteiger charge is -2.32. The van der Waals surface area contributed by atoms with Crippen LogP contribution in [-0.2, 0) is 13.6 Å². The molecule has 130 valence electrons. The van der Waals surface area contributed by atoms with Crippen LogP contribution in [0, 0.1) is 0 Å². The average Bonchev–Trinajstić information content (AvgIpc) is 3.03. The third kappa shape index (κ3) is 3.22. The summed E-state index contributed by atoms with van der Waals surface area (Å²) < 4.78 is 1.86. The van der Waals surface area contributed by atoms with Crippen molar-refractivity contribution >= 4 is 16.9 Å². The Labute approximate surface area is 147 Å². The molecule has 1 aliphatic rings. The Morgan fingerprint density at radius 3 is 3.08 bits per heavy atom. The van der Waals surface area contributed by atoms with E-state index in [-0.39, 0.29) is 0 Å². The summed E-state index contributed by atoms with van der Waals surface area (Å²) in [6.45, 7) is 3.09. The smallest absolute Gasteiger partial charge is 0.157 e. The summed E-state index contributed by atoms with van der Waals surface area (Å²) in [5.74, 6) is 1.45. The predicted octanol–water partition coefficient (Wildman–Crippen LogP) is 2.78. The Bertz CT molecular complexity index is 871. The minimum absolute atomic E-state index is 0.475. The average molecular weight is 336 g/mol. The van der Waals surface area contributed by atoms with Crippen molar-refractivity contribution in [2.24, 2.45) is 7.05 Å². The molecule has 0 spiro atoms. The van der Waals surface area contributed by atoms with Gasteiger partial charge < -0.3 is 5.32 Å². The zero-order valence-corrected chi connectivity index (χ0v) is 14.8. The lowest BCUT2D eigenvalue weighted by atomic mass is 9.94. The van der Waals surface area contributed by atoms with Crippen LogP contribution in [0.15, 0.2) is 36.7 Å². The van der Waals surface area contributed by atoms with Crippen molar-refractivity contribution in [1.82, 2.24) is 24.6 Å². The molecule has 0 amide bonds. The van der Waals surface area contributed by atoms with Crippen LogP contribution in [0.25, 0.3) is 11.0 Å². The predicted molar refractivity (Wildman–Crippen MR) is 99.5 cm³/mol. The fraction of sp³-hybridized carbons (Fsp3) is 0.421. The van der Waals surface area contributed by atoms with Crippen LogP contribution in [0.4, 0.5) is 5.82 Å². The largest absolute Gasteiger partial charge is 0.373 e. The molecular weight excluding hydrogens is 312 g/mol. The first-order valence-electron chi connectivity index (χ1n) is 8.87. The Morgan fingerprint density at radius 1 is 1.28 bits per heavy atom. The van der Waals surface area contributed by atoms with E-state index in [0.29, 0.717) is 5.92 Å². The molecule has 0 aliphatic carbocycles. The van der Waals surface area contributed by atoms with E-state index in [0.717, 1.165) is 36.5 Å². The van der Waals surface area contributed by atoms with Crippen molar-refractivity contribution in [1.29, 1.82) is 0 Å². The van der Waals surface area contributed by atoms with Crippen molar-refractivity contribution in [2.45, 2.75) is 25.3 Å². The number of fused-ring (bicyclic) bond motifs is 1. The number of likely N-dealkylation sites (tertiary alicyclic amines) is 1. The molecule has 0 saturated carbocycles. The van der Waals surface area contributed by atoms with Gasteiger partial charge >= 0.3 is 0 Å². The molecule has 4 heterocycles. The SMILES string of the molecule is CNc1ncccc1CN1CCCC(c2ccc3cnn(C)c3n2)C1. The minimum Gasteiger partial charge on any atom is -0.373 e. The van der Waals surface area contributed by atoms with Crippen LogP contribution in [0.2, 0.25) is 0 Å². The van der Waals surface area contributed by atoms with E-state index in [1.807, 2.05) is 37.2 Å². The second kappa shape index (κ2) is 6.80. The van der Waals surface area contributed by atoms with Gasteiger partial charge in [0.2, 0.25) is 0 Å². The molecule has 1 unspecified atom stereocenters. The first kappa shape index (κ1) is 16.0. The number of hydrogen-bond donors (Lipinski definition) is 1. The second-order valence-corrected chi connectivity index (χ2v) is 6.75. The molecule has 6 nitrogen and oxygen atoms in total. The molecule has 6 heteroatoms. The van der Waals surface area contributed by atoms with Crippen LogP contribution in [-0.4, -0.2) is 44.8 Å². The zero-order chi connectivity index (χ0) is 17.2. The highest BCUT2D eigenvalue weighted by Gasteiger charge is 2.23. The number of aryl methyl sites for hydroxylation is 1. The first-order chi connectivity index (χ1) is 12.2.